The van der Waals surface area contributed by atoms with Crippen molar-refractivity contribution in [2.75, 3.05) is 23.7 Å². The maximum atomic E-state index is 12.9. The Morgan fingerprint density at radius 2 is 1.61 bits per heavy atom. The van der Waals surface area contributed by atoms with Gasteiger partial charge >= 0.3 is 0 Å². The molecule has 0 aliphatic rings. The van der Waals surface area contributed by atoms with Crippen LogP contribution < -0.4 is 21.5 Å². The van der Waals surface area contributed by atoms with Gasteiger partial charge in [-0.1, -0.05) is 18.2 Å². The summed E-state index contributed by atoms with van der Waals surface area (Å²) in [7, 11) is 0. The van der Waals surface area contributed by atoms with Gasteiger partial charge in [-0.25, -0.2) is 9.49 Å². The number of hydrogen-bond donors (Lipinski definition) is 4. The third kappa shape index (κ3) is 6.63. The fourth-order valence-corrected chi connectivity index (χ4v) is 3.03. The minimum atomic E-state index is -0.367. The highest BCUT2D eigenvalue weighted by molar-refractivity contribution is 5.91. The lowest BCUT2D eigenvalue weighted by atomic mass is 10.2. The molecular weight excluding hydrogens is 401 g/mol. The molecule has 1 aromatic heterocycles. The fourth-order valence-electron chi connectivity index (χ4n) is 3.03. The standard InChI is InChI=1S/C22H24FN5O3/c23-15-9-11-16(12-10-15)26-20(30)8-3-7-19(29)24-13-4-14-25-21-17-5-1-2-6-18(17)22(31)28-27-21/h1-2,5-6,9-12H,3-4,7-8,13-14H2,(H,24,29)(H,25,27)(H,26,30)(H,28,31). The maximum Gasteiger partial charge on any atom is 0.272 e. The van der Waals surface area contributed by atoms with Crippen LogP contribution in [-0.4, -0.2) is 35.1 Å². The van der Waals surface area contributed by atoms with Gasteiger partial charge in [-0.15, -0.1) is 0 Å². The molecule has 3 rings (SSSR count). The molecule has 0 saturated heterocycles. The van der Waals surface area contributed by atoms with Crippen molar-refractivity contribution < 1.29 is 14.0 Å². The Bertz CT molecular complexity index is 1100. The van der Waals surface area contributed by atoms with Crippen LogP contribution in [-0.2, 0) is 9.59 Å². The van der Waals surface area contributed by atoms with Gasteiger partial charge in [-0.3, -0.25) is 14.4 Å². The van der Waals surface area contributed by atoms with Crippen LogP contribution in [0.3, 0.4) is 0 Å². The molecule has 0 spiro atoms. The second kappa shape index (κ2) is 10.9. The number of carbonyl (C=O) groups excluding carboxylic acids is 2. The number of rotatable bonds is 10. The summed E-state index contributed by atoms with van der Waals surface area (Å²) >= 11 is 0. The summed E-state index contributed by atoms with van der Waals surface area (Å²) in [5.41, 5.74) is 0.285. The molecular formula is C22H24FN5O3. The highest BCUT2D eigenvalue weighted by Crippen LogP contribution is 2.16. The summed E-state index contributed by atoms with van der Waals surface area (Å²) in [6.07, 6.45) is 1.55. The summed E-state index contributed by atoms with van der Waals surface area (Å²) in [5, 5.41) is 16.5. The van der Waals surface area contributed by atoms with E-state index in [2.05, 4.69) is 26.1 Å². The van der Waals surface area contributed by atoms with Crippen LogP contribution in [0.4, 0.5) is 15.9 Å². The van der Waals surface area contributed by atoms with Crippen LogP contribution in [0.5, 0.6) is 0 Å². The van der Waals surface area contributed by atoms with Gasteiger partial charge in [0, 0.05) is 37.0 Å². The summed E-state index contributed by atoms with van der Waals surface area (Å²) in [4.78, 5) is 35.5. The molecule has 162 valence electrons. The SMILES string of the molecule is O=C(CCCC(=O)Nc1ccc(F)cc1)NCCCNc1n[nH]c(=O)c2ccccc12. The number of aromatic amines is 1. The van der Waals surface area contributed by atoms with E-state index in [-0.39, 0.29) is 36.0 Å². The predicted octanol–water partition coefficient (Wildman–Crippen LogP) is 2.79. The Balaban J connectivity index is 1.30. The lowest BCUT2D eigenvalue weighted by molar-refractivity contribution is -0.121. The van der Waals surface area contributed by atoms with E-state index in [9.17, 15) is 18.8 Å². The topological polar surface area (TPSA) is 116 Å². The number of amides is 2. The Hall–Kier alpha value is -3.75. The first-order valence-electron chi connectivity index (χ1n) is 10.1. The van der Waals surface area contributed by atoms with Crippen molar-refractivity contribution in [2.24, 2.45) is 0 Å². The number of nitrogens with zero attached hydrogens (tertiary/aromatic N) is 1. The van der Waals surface area contributed by atoms with E-state index in [1.807, 2.05) is 12.1 Å². The molecule has 0 unspecified atom stereocenters. The summed E-state index contributed by atoms with van der Waals surface area (Å²) in [5.74, 6) is -0.117. The van der Waals surface area contributed by atoms with E-state index in [4.69, 9.17) is 0 Å². The van der Waals surface area contributed by atoms with Crippen molar-refractivity contribution in [1.29, 1.82) is 0 Å². The molecule has 0 fully saturated rings. The van der Waals surface area contributed by atoms with E-state index < -0.39 is 0 Å². The van der Waals surface area contributed by atoms with Crippen molar-refractivity contribution >= 4 is 34.1 Å². The normalized spacial score (nSPS) is 10.6. The minimum Gasteiger partial charge on any atom is -0.368 e. The third-order valence-corrected chi connectivity index (χ3v) is 4.60. The van der Waals surface area contributed by atoms with Crippen molar-refractivity contribution in [2.45, 2.75) is 25.7 Å². The van der Waals surface area contributed by atoms with Gasteiger partial charge in [-0.2, -0.15) is 5.10 Å². The van der Waals surface area contributed by atoms with Gasteiger partial charge < -0.3 is 16.0 Å². The van der Waals surface area contributed by atoms with E-state index in [1.165, 1.54) is 24.3 Å². The number of hydrogen-bond acceptors (Lipinski definition) is 5. The van der Waals surface area contributed by atoms with E-state index in [0.717, 1.165) is 5.39 Å². The highest BCUT2D eigenvalue weighted by atomic mass is 19.1. The van der Waals surface area contributed by atoms with Crippen LogP contribution >= 0.6 is 0 Å². The van der Waals surface area contributed by atoms with Crippen molar-refractivity contribution in [3.05, 3.63) is 64.7 Å². The molecule has 4 N–H and O–H groups in total. The molecule has 8 nitrogen and oxygen atoms in total. The van der Waals surface area contributed by atoms with Crippen molar-refractivity contribution in [3.8, 4) is 0 Å². The first-order chi connectivity index (χ1) is 15.0. The predicted molar refractivity (Wildman–Crippen MR) is 117 cm³/mol. The van der Waals surface area contributed by atoms with Gasteiger partial charge in [0.25, 0.3) is 5.56 Å². The number of halogens is 1. The number of carbonyl (C=O) groups is 2. The Labute approximate surface area is 178 Å². The van der Waals surface area contributed by atoms with E-state index in [0.29, 0.717) is 42.8 Å². The quantitative estimate of drug-likeness (QED) is 0.373. The molecule has 0 atom stereocenters. The smallest absolute Gasteiger partial charge is 0.272 e. The Morgan fingerprint density at radius 1 is 0.903 bits per heavy atom. The number of nitrogens with one attached hydrogen (secondary N) is 4. The molecule has 0 aliphatic carbocycles. The van der Waals surface area contributed by atoms with Gasteiger partial charge in [0.15, 0.2) is 5.82 Å². The number of anilines is 2. The van der Waals surface area contributed by atoms with Crippen LogP contribution in [0.15, 0.2) is 53.3 Å². The fraction of sp³-hybridized carbons (Fsp3) is 0.273. The zero-order valence-electron chi connectivity index (χ0n) is 16.9. The monoisotopic (exact) mass is 425 g/mol. The van der Waals surface area contributed by atoms with Crippen LogP contribution in [0.2, 0.25) is 0 Å². The first-order valence-corrected chi connectivity index (χ1v) is 10.1. The Morgan fingerprint density at radius 3 is 2.39 bits per heavy atom. The molecule has 3 aromatic rings. The van der Waals surface area contributed by atoms with Crippen molar-refractivity contribution in [3.63, 3.8) is 0 Å². The Kier molecular flexibility index (Phi) is 7.69. The molecule has 0 saturated carbocycles. The zero-order valence-corrected chi connectivity index (χ0v) is 16.9. The lowest BCUT2D eigenvalue weighted by Crippen LogP contribution is -2.26. The number of H-pyrrole nitrogens is 1. The maximum absolute atomic E-state index is 12.9. The molecule has 0 bridgehead atoms. The second-order valence-corrected chi connectivity index (χ2v) is 6.99. The molecule has 1 heterocycles. The lowest BCUT2D eigenvalue weighted by Gasteiger charge is -2.09. The molecule has 0 aliphatic heterocycles. The van der Waals surface area contributed by atoms with Gasteiger partial charge in [-0.05, 0) is 43.2 Å². The second-order valence-electron chi connectivity index (χ2n) is 6.99. The average molecular weight is 425 g/mol. The highest BCUT2D eigenvalue weighted by Gasteiger charge is 2.07. The number of benzene rings is 2. The number of aromatic nitrogens is 2. The van der Waals surface area contributed by atoms with Gasteiger partial charge in [0.05, 0.1) is 5.39 Å². The first kappa shape index (κ1) is 21.9. The van der Waals surface area contributed by atoms with E-state index in [1.54, 1.807) is 12.1 Å². The molecule has 2 aromatic carbocycles. The molecule has 31 heavy (non-hydrogen) atoms. The summed E-state index contributed by atoms with van der Waals surface area (Å²) < 4.78 is 12.9. The third-order valence-electron chi connectivity index (χ3n) is 4.60. The van der Waals surface area contributed by atoms with Crippen LogP contribution in [0.25, 0.3) is 10.8 Å². The van der Waals surface area contributed by atoms with Crippen molar-refractivity contribution in [1.82, 2.24) is 15.5 Å². The minimum absolute atomic E-state index is 0.123. The zero-order chi connectivity index (χ0) is 22.1. The van der Waals surface area contributed by atoms with Crippen LogP contribution in [0, 0.1) is 5.82 Å². The molecule has 9 heteroatoms. The summed E-state index contributed by atoms with van der Waals surface area (Å²) in [6.45, 7) is 1.05. The largest absolute Gasteiger partial charge is 0.368 e. The number of fused-ring (bicyclic) bond motifs is 1. The van der Waals surface area contributed by atoms with Crippen LogP contribution in [0.1, 0.15) is 25.7 Å². The van der Waals surface area contributed by atoms with Gasteiger partial charge in [0.1, 0.15) is 5.82 Å². The summed E-state index contributed by atoms with van der Waals surface area (Å²) in [6, 6.07) is 12.7. The molecule has 2 amide bonds. The van der Waals surface area contributed by atoms with Gasteiger partial charge in [0.2, 0.25) is 11.8 Å². The molecule has 0 radical (unpaired) electrons. The van der Waals surface area contributed by atoms with E-state index >= 15 is 0 Å². The average Bonchev–Trinajstić information content (AvgIpc) is 2.77.